The first-order valence-electron chi connectivity index (χ1n) is 8.79. The number of rotatable bonds is 3. The lowest BCUT2D eigenvalue weighted by molar-refractivity contribution is -0.116. The highest BCUT2D eigenvalue weighted by Crippen LogP contribution is 2.37. The fourth-order valence-corrected chi connectivity index (χ4v) is 5.72. The Hall–Kier alpha value is -2.50. The second-order valence-corrected chi connectivity index (χ2v) is 9.02. The van der Waals surface area contributed by atoms with Crippen LogP contribution in [0.3, 0.4) is 0 Å². The Morgan fingerprint density at radius 2 is 2.11 bits per heavy atom. The molecule has 3 heterocycles. The number of hydrogen-bond acceptors (Lipinski definition) is 6. The largest absolute Gasteiger partial charge is 0.315 e. The van der Waals surface area contributed by atoms with Crippen molar-refractivity contribution in [1.82, 2.24) is 9.55 Å². The minimum atomic E-state index is -0.321. The average molecular weight is 399 g/mol. The second-order valence-electron chi connectivity index (χ2n) is 6.72. The zero-order valence-electron chi connectivity index (χ0n) is 15.1. The maximum atomic E-state index is 12.7. The smallest absolute Gasteiger partial charge is 0.262 e. The Bertz CT molecular complexity index is 1160. The lowest BCUT2D eigenvalue weighted by Gasteiger charge is -2.09. The summed E-state index contributed by atoms with van der Waals surface area (Å²) in [6, 6.07) is 2.23. The molecule has 8 heteroatoms. The zero-order chi connectivity index (χ0) is 19.1. The van der Waals surface area contributed by atoms with Crippen molar-refractivity contribution in [2.45, 2.75) is 46.1 Å². The molecule has 6 nitrogen and oxygen atoms in total. The van der Waals surface area contributed by atoms with Gasteiger partial charge in [-0.1, -0.05) is 0 Å². The van der Waals surface area contributed by atoms with Crippen LogP contribution in [-0.2, 0) is 24.2 Å². The molecule has 0 radical (unpaired) electrons. The van der Waals surface area contributed by atoms with E-state index in [2.05, 4.69) is 16.4 Å². The van der Waals surface area contributed by atoms with Crippen LogP contribution in [0.15, 0.2) is 11.1 Å². The highest BCUT2D eigenvalue weighted by atomic mass is 32.1. The minimum Gasteiger partial charge on any atom is -0.315 e. The fourth-order valence-electron chi connectivity index (χ4n) is 3.48. The number of thiophene rings is 2. The first kappa shape index (κ1) is 17.9. The van der Waals surface area contributed by atoms with Crippen LogP contribution in [0.5, 0.6) is 0 Å². The average Bonchev–Trinajstić information content (AvgIpc) is 3.14. The van der Waals surface area contributed by atoms with Gasteiger partial charge in [0.2, 0.25) is 5.91 Å². The van der Waals surface area contributed by atoms with Crippen molar-refractivity contribution in [2.24, 2.45) is 0 Å². The van der Waals surface area contributed by atoms with E-state index in [1.165, 1.54) is 38.4 Å². The van der Waals surface area contributed by atoms with Crippen molar-refractivity contribution in [3.8, 4) is 6.07 Å². The molecule has 0 aromatic carbocycles. The van der Waals surface area contributed by atoms with E-state index in [1.54, 1.807) is 0 Å². The Kier molecular flexibility index (Phi) is 4.58. The predicted octanol–water partition coefficient (Wildman–Crippen LogP) is 3.53. The maximum Gasteiger partial charge on any atom is 0.262 e. The van der Waals surface area contributed by atoms with Crippen molar-refractivity contribution in [2.75, 3.05) is 5.32 Å². The van der Waals surface area contributed by atoms with Crippen molar-refractivity contribution in [3.05, 3.63) is 43.1 Å². The van der Waals surface area contributed by atoms with Gasteiger partial charge in [0.25, 0.3) is 5.56 Å². The van der Waals surface area contributed by atoms with E-state index in [0.717, 1.165) is 41.7 Å². The van der Waals surface area contributed by atoms with Crippen LogP contribution in [0.1, 0.15) is 39.3 Å². The summed E-state index contributed by atoms with van der Waals surface area (Å²) < 4.78 is 1.33. The molecule has 3 aromatic heterocycles. The molecule has 1 amide bonds. The summed E-state index contributed by atoms with van der Waals surface area (Å²) in [4.78, 5) is 32.5. The number of anilines is 1. The Morgan fingerprint density at radius 1 is 1.33 bits per heavy atom. The third kappa shape index (κ3) is 3.07. The van der Waals surface area contributed by atoms with Crippen molar-refractivity contribution < 1.29 is 4.79 Å². The summed E-state index contributed by atoms with van der Waals surface area (Å²) in [6.07, 6.45) is 5.46. The van der Waals surface area contributed by atoms with Gasteiger partial charge in [-0.15, -0.1) is 22.7 Å². The van der Waals surface area contributed by atoms with Gasteiger partial charge in [0.05, 0.1) is 17.3 Å². The van der Waals surface area contributed by atoms with Gasteiger partial charge < -0.3 is 5.32 Å². The number of carbonyl (C=O) groups is 1. The topological polar surface area (TPSA) is 87.8 Å². The standard InChI is InChI=1S/C19H18N4O2S2/c1-10-11(2)26-18-16(10)19(25)23(9-21-18)8-15(24)22-17-13(7-20)12-5-3-4-6-14(12)27-17/h9H,3-6,8H2,1-2H3,(H,22,24). The van der Waals surface area contributed by atoms with Gasteiger partial charge in [0.15, 0.2) is 0 Å². The first-order valence-corrected chi connectivity index (χ1v) is 10.4. The number of nitrogens with zero attached hydrogens (tertiary/aromatic N) is 3. The number of nitrogens with one attached hydrogen (secondary N) is 1. The molecule has 0 atom stereocenters. The summed E-state index contributed by atoms with van der Waals surface area (Å²) in [5.41, 5.74) is 2.37. The number of fused-ring (bicyclic) bond motifs is 2. The molecule has 0 saturated carbocycles. The number of nitriles is 1. The van der Waals surface area contributed by atoms with Gasteiger partial charge in [-0.2, -0.15) is 5.26 Å². The molecule has 138 valence electrons. The van der Waals surface area contributed by atoms with Crippen molar-refractivity contribution in [3.63, 3.8) is 0 Å². The molecule has 1 aliphatic carbocycles. The third-order valence-corrected chi connectivity index (χ3v) is 7.33. The van der Waals surface area contributed by atoms with Crippen LogP contribution in [0.25, 0.3) is 10.2 Å². The summed E-state index contributed by atoms with van der Waals surface area (Å²) >= 11 is 2.97. The zero-order valence-corrected chi connectivity index (χ0v) is 16.7. The van der Waals surface area contributed by atoms with E-state index in [-0.39, 0.29) is 18.0 Å². The molecular formula is C19H18N4O2S2. The molecule has 1 aliphatic rings. The summed E-state index contributed by atoms with van der Waals surface area (Å²) in [5.74, 6) is -0.321. The third-order valence-electron chi connectivity index (χ3n) is 5.01. The molecule has 0 aliphatic heterocycles. The van der Waals surface area contributed by atoms with Crippen LogP contribution in [0.2, 0.25) is 0 Å². The van der Waals surface area contributed by atoms with Gasteiger partial charge in [-0.3, -0.25) is 14.2 Å². The van der Waals surface area contributed by atoms with Gasteiger partial charge in [0, 0.05) is 9.75 Å². The molecule has 1 N–H and O–H groups in total. The quantitative estimate of drug-likeness (QED) is 0.731. The Morgan fingerprint density at radius 3 is 2.89 bits per heavy atom. The summed E-state index contributed by atoms with van der Waals surface area (Å²) in [7, 11) is 0. The molecular weight excluding hydrogens is 380 g/mol. The highest BCUT2D eigenvalue weighted by molar-refractivity contribution is 7.18. The molecule has 0 bridgehead atoms. The molecule has 27 heavy (non-hydrogen) atoms. The van der Waals surface area contributed by atoms with Crippen LogP contribution >= 0.6 is 22.7 Å². The Balaban J connectivity index is 1.61. The second kappa shape index (κ2) is 6.91. The van der Waals surface area contributed by atoms with E-state index in [0.29, 0.717) is 20.8 Å². The van der Waals surface area contributed by atoms with Crippen LogP contribution < -0.4 is 10.9 Å². The summed E-state index contributed by atoms with van der Waals surface area (Å²) in [5, 5.41) is 13.5. The van der Waals surface area contributed by atoms with Crippen molar-refractivity contribution >= 4 is 43.8 Å². The molecule has 0 unspecified atom stereocenters. The van der Waals surface area contributed by atoms with Crippen LogP contribution in [0.4, 0.5) is 5.00 Å². The fraction of sp³-hybridized carbons (Fsp3) is 0.368. The lowest BCUT2D eigenvalue weighted by Crippen LogP contribution is -2.27. The number of hydrogen-bond donors (Lipinski definition) is 1. The lowest BCUT2D eigenvalue weighted by atomic mass is 9.96. The number of aryl methyl sites for hydroxylation is 3. The maximum absolute atomic E-state index is 12.7. The van der Waals surface area contributed by atoms with E-state index in [1.807, 2.05) is 13.8 Å². The normalized spacial score (nSPS) is 13.4. The molecule has 0 spiro atoms. The monoisotopic (exact) mass is 398 g/mol. The first-order chi connectivity index (χ1) is 13.0. The molecule has 0 saturated heterocycles. The van der Waals surface area contributed by atoms with Crippen molar-refractivity contribution in [1.29, 1.82) is 5.26 Å². The van der Waals surface area contributed by atoms with Gasteiger partial charge in [-0.05, 0) is 50.7 Å². The van der Waals surface area contributed by atoms with E-state index < -0.39 is 0 Å². The SMILES string of the molecule is Cc1sc2ncn(CC(=O)Nc3sc4c(c3C#N)CCCC4)c(=O)c2c1C. The van der Waals surface area contributed by atoms with E-state index >= 15 is 0 Å². The number of amides is 1. The van der Waals surface area contributed by atoms with Crippen LogP contribution in [0, 0.1) is 25.2 Å². The van der Waals surface area contributed by atoms with Gasteiger partial charge >= 0.3 is 0 Å². The summed E-state index contributed by atoms with van der Waals surface area (Å²) in [6.45, 7) is 3.74. The van der Waals surface area contributed by atoms with Gasteiger partial charge in [0.1, 0.15) is 22.4 Å². The molecule has 0 fully saturated rings. The molecule has 4 rings (SSSR count). The van der Waals surface area contributed by atoms with E-state index in [9.17, 15) is 14.9 Å². The number of carbonyl (C=O) groups excluding carboxylic acids is 1. The van der Waals surface area contributed by atoms with Gasteiger partial charge in [-0.25, -0.2) is 4.98 Å². The molecule has 3 aromatic rings. The number of aromatic nitrogens is 2. The predicted molar refractivity (Wildman–Crippen MR) is 108 cm³/mol. The van der Waals surface area contributed by atoms with Crippen LogP contribution in [-0.4, -0.2) is 15.5 Å². The highest BCUT2D eigenvalue weighted by Gasteiger charge is 2.22. The minimum absolute atomic E-state index is 0.121. The van der Waals surface area contributed by atoms with E-state index in [4.69, 9.17) is 0 Å². The Labute approximate surface area is 164 Å².